The molecule has 144 valence electrons. The molecule has 1 heterocycles. The SMILES string of the molecule is CCc1ccc([C@@H](C)NC(=O)c2ccc(CN3CCC[C@H](C)C3)cc2)cc1. The van der Waals surface area contributed by atoms with Gasteiger partial charge in [0.05, 0.1) is 6.04 Å². The van der Waals surface area contributed by atoms with Crippen molar-refractivity contribution in [1.29, 1.82) is 0 Å². The van der Waals surface area contributed by atoms with Crippen LogP contribution in [0.2, 0.25) is 0 Å². The van der Waals surface area contributed by atoms with E-state index in [1.807, 2.05) is 19.1 Å². The second-order valence-corrected chi connectivity index (χ2v) is 7.97. The van der Waals surface area contributed by atoms with Crippen LogP contribution >= 0.6 is 0 Å². The maximum atomic E-state index is 12.6. The summed E-state index contributed by atoms with van der Waals surface area (Å²) in [5.41, 5.74) is 4.46. The van der Waals surface area contributed by atoms with E-state index < -0.39 is 0 Å². The summed E-state index contributed by atoms with van der Waals surface area (Å²) in [4.78, 5) is 15.1. The minimum absolute atomic E-state index is 0.00193. The average molecular weight is 365 g/mol. The fourth-order valence-electron chi connectivity index (χ4n) is 3.86. The molecule has 0 aromatic heterocycles. The van der Waals surface area contributed by atoms with E-state index in [-0.39, 0.29) is 11.9 Å². The first kappa shape index (κ1) is 19.6. The molecule has 3 rings (SSSR count). The van der Waals surface area contributed by atoms with E-state index in [1.165, 1.54) is 37.1 Å². The summed E-state index contributed by atoms with van der Waals surface area (Å²) in [6, 6.07) is 16.6. The summed E-state index contributed by atoms with van der Waals surface area (Å²) in [7, 11) is 0. The predicted octanol–water partition coefficient (Wildman–Crippen LogP) is 4.97. The van der Waals surface area contributed by atoms with Gasteiger partial charge in [-0.05, 0) is 67.5 Å². The van der Waals surface area contributed by atoms with Crippen molar-refractivity contribution in [3.63, 3.8) is 0 Å². The van der Waals surface area contributed by atoms with Crippen molar-refractivity contribution in [1.82, 2.24) is 10.2 Å². The van der Waals surface area contributed by atoms with Crippen LogP contribution in [0.3, 0.4) is 0 Å². The number of carbonyl (C=O) groups excluding carboxylic acids is 1. The quantitative estimate of drug-likeness (QED) is 0.785. The zero-order chi connectivity index (χ0) is 19.2. The molecule has 0 radical (unpaired) electrons. The largest absolute Gasteiger partial charge is 0.346 e. The van der Waals surface area contributed by atoms with Crippen LogP contribution in [-0.4, -0.2) is 23.9 Å². The van der Waals surface area contributed by atoms with Crippen molar-refractivity contribution >= 4 is 5.91 Å². The number of benzene rings is 2. The molecule has 2 aromatic rings. The Labute approximate surface area is 163 Å². The molecule has 27 heavy (non-hydrogen) atoms. The number of hydrogen-bond donors (Lipinski definition) is 1. The van der Waals surface area contributed by atoms with Crippen LogP contribution in [0.5, 0.6) is 0 Å². The Morgan fingerprint density at radius 3 is 2.41 bits per heavy atom. The smallest absolute Gasteiger partial charge is 0.251 e. The van der Waals surface area contributed by atoms with E-state index in [9.17, 15) is 4.79 Å². The molecule has 3 nitrogen and oxygen atoms in total. The molecule has 0 unspecified atom stereocenters. The number of amides is 1. The summed E-state index contributed by atoms with van der Waals surface area (Å²) in [6.07, 6.45) is 3.66. The van der Waals surface area contributed by atoms with Crippen LogP contribution in [0.1, 0.15) is 66.7 Å². The van der Waals surface area contributed by atoms with Gasteiger partial charge >= 0.3 is 0 Å². The van der Waals surface area contributed by atoms with Gasteiger partial charge < -0.3 is 5.32 Å². The first-order valence-corrected chi connectivity index (χ1v) is 10.3. The van der Waals surface area contributed by atoms with Crippen LogP contribution < -0.4 is 5.32 Å². The van der Waals surface area contributed by atoms with Gasteiger partial charge in [-0.3, -0.25) is 9.69 Å². The van der Waals surface area contributed by atoms with E-state index in [0.29, 0.717) is 0 Å². The lowest BCUT2D eigenvalue weighted by Gasteiger charge is -2.30. The molecular formula is C24H32N2O. The third kappa shape index (κ3) is 5.43. The molecule has 1 fully saturated rings. The van der Waals surface area contributed by atoms with E-state index in [4.69, 9.17) is 0 Å². The van der Waals surface area contributed by atoms with Gasteiger partial charge in [-0.15, -0.1) is 0 Å². The third-order valence-corrected chi connectivity index (χ3v) is 5.60. The maximum Gasteiger partial charge on any atom is 0.251 e. The number of rotatable bonds is 6. The van der Waals surface area contributed by atoms with Crippen molar-refractivity contribution in [2.45, 2.75) is 52.6 Å². The maximum absolute atomic E-state index is 12.6. The molecule has 1 saturated heterocycles. The van der Waals surface area contributed by atoms with Crippen molar-refractivity contribution in [3.8, 4) is 0 Å². The summed E-state index contributed by atoms with van der Waals surface area (Å²) in [5, 5.41) is 3.11. The predicted molar refractivity (Wildman–Crippen MR) is 112 cm³/mol. The average Bonchev–Trinajstić information content (AvgIpc) is 2.68. The van der Waals surface area contributed by atoms with Crippen molar-refractivity contribution < 1.29 is 4.79 Å². The molecule has 0 saturated carbocycles. The Kier molecular flexibility index (Phi) is 6.68. The Balaban J connectivity index is 1.56. The Morgan fingerprint density at radius 2 is 1.78 bits per heavy atom. The second kappa shape index (κ2) is 9.18. The molecule has 1 N–H and O–H groups in total. The van der Waals surface area contributed by atoms with E-state index >= 15 is 0 Å². The number of nitrogens with one attached hydrogen (secondary N) is 1. The molecule has 3 heteroatoms. The Hall–Kier alpha value is -2.13. The number of carbonyl (C=O) groups is 1. The molecule has 0 bridgehead atoms. The number of aryl methyl sites for hydroxylation is 1. The first-order valence-electron chi connectivity index (χ1n) is 10.3. The lowest BCUT2D eigenvalue weighted by atomic mass is 9.99. The molecule has 0 aliphatic carbocycles. The summed E-state index contributed by atoms with van der Waals surface area (Å²) in [6.45, 7) is 9.85. The standard InChI is InChI=1S/C24H32N2O/c1-4-20-7-11-22(12-8-20)19(3)25-24(27)23-13-9-21(10-14-23)17-26-15-5-6-18(2)16-26/h7-14,18-19H,4-6,15-17H2,1-3H3,(H,25,27)/t18-,19+/m0/s1. The Morgan fingerprint density at radius 1 is 1.11 bits per heavy atom. The molecule has 1 aliphatic heterocycles. The van der Waals surface area contributed by atoms with Gasteiger partial charge in [0.15, 0.2) is 0 Å². The molecule has 2 aromatic carbocycles. The zero-order valence-corrected chi connectivity index (χ0v) is 16.9. The molecular weight excluding hydrogens is 332 g/mol. The summed E-state index contributed by atoms with van der Waals surface area (Å²) >= 11 is 0. The lowest BCUT2D eigenvalue weighted by Crippen LogP contribution is -2.33. The second-order valence-electron chi connectivity index (χ2n) is 7.97. The van der Waals surface area contributed by atoms with Gasteiger partial charge in [0, 0.05) is 18.7 Å². The molecule has 2 atom stereocenters. The summed E-state index contributed by atoms with van der Waals surface area (Å²) in [5.74, 6) is 0.775. The fraction of sp³-hybridized carbons (Fsp3) is 0.458. The van der Waals surface area contributed by atoms with Crippen LogP contribution in [0.4, 0.5) is 0 Å². The molecule has 1 aliphatic rings. The van der Waals surface area contributed by atoms with Crippen molar-refractivity contribution in [2.24, 2.45) is 5.92 Å². The zero-order valence-electron chi connectivity index (χ0n) is 16.9. The highest BCUT2D eigenvalue weighted by Gasteiger charge is 2.16. The fourth-order valence-corrected chi connectivity index (χ4v) is 3.86. The monoisotopic (exact) mass is 364 g/mol. The molecule has 1 amide bonds. The number of piperidine rings is 1. The van der Waals surface area contributed by atoms with E-state index in [1.54, 1.807) is 0 Å². The van der Waals surface area contributed by atoms with Crippen LogP contribution in [0.15, 0.2) is 48.5 Å². The highest BCUT2D eigenvalue weighted by atomic mass is 16.1. The van der Waals surface area contributed by atoms with Crippen LogP contribution in [0, 0.1) is 5.92 Å². The van der Waals surface area contributed by atoms with Gasteiger partial charge in [-0.2, -0.15) is 0 Å². The minimum Gasteiger partial charge on any atom is -0.346 e. The number of nitrogens with zero attached hydrogens (tertiary/aromatic N) is 1. The van der Waals surface area contributed by atoms with Gasteiger partial charge in [0.25, 0.3) is 5.91 Å². The molecule has 0 spiro atoms. The minimum atomic E-state index is -0.0137. The third-order valence-electron chi connectivity index (χ3n) is 5.60. The highest BCUT2D eigenvalue weighted by Crippen LogP contribution is 2.19. The Bertz CT molecular complexity index is 736. The summed E-state index contributed by atoms with van der Waals surface area (Å²) < 4.78 is 0. The van der Waals surface area contributed by atoms with Gasteiger partial charge in [0.1, 0.15) is 0 Å². The highest BCUT2D eigenvalue weighted by molar-refractivity contribution is 5.94. The first-order chi connectivity index (χ1) is 13.0. The van der Waals surface area contributed by atoms with Gasteiger partial charge in [-0.1, -0.05) is 50.2 Å². The van der Waals surface area contributed by atoms with Crippen molar-refractivity contribution in [2.75, 3.05) is 13.1 Å². The van der Waals surface area contributed by atoms with Gasteiger partial charge in [0.2, 0.25) is 0 Å². The van der Waals surface area contributed by atoms with E-state index in [0.717, 1.165) is 30.0 Å². The van der Waals surface area contributed by atoms with Crippen molar-refractivity contribution in [3.05, 3.63) is 70.8 Å². The van der Waals surface area contributed by atoms with Gasteiger partial charge in [-0.25, -0.2) is 0 Å². The van der Waals surface area contributed by atoms with Crippen LogP contribution in [-0.2, 0) is 13.0 Å². The van der Waals surface area contributed by atoms with E-state index in [2.05, 4.69) is 60.5 Å². The van der Waals surface area contributed by atoms with Crippen LogP contribution in [0.25, 0.3) is 0 Å². The normalized spacial score (nSPS) is 18.9. The lowest BCUT2D eigenvalue weighted by molar-refractivity contribution is 0.0940. The number of likely N-dealkylation sites (tertiary alicyclic amines) is 1. The topological polar surface area (TPSA) is 32.3 Å². The number of hydrogen-bond acceptors (Lipinski definition) is 2.